The number of carbonyl (C=O) groups is 1. The summed E-state index contributed by atoms with van der Waals surface area (Å²) < 4.78 is 10.7. The maximum atomic E-state index is 12.6. The minimum absolute atomic E-state index is 0.181. The summed E-state index contributed by atoms with van der Waals surface area (Å²) in [6, 6.07) is 11.2. The van der Waals surface area contributed by atoms with E-state index in [1.54, 1.807) is 13.3 Å². The molecule has 0 spiro atoms. The fourth-order valence-corrected chi connectivity index (χ4v) is 2.70. The minimum Gasteiger partial charge on any atom is -0.497 e. The van der Waals surface area contributed by atoms with E-state index >= 15 is 0 Å². The Morgan fingerprint density at radius 3 is 2.85 bits per heavy atom. The normalized spacial score (nSPS) is 10.6. The van der Waals surface area contributed by atoms with Gasteiger partial charge in [-0.05, 0) is 38.1 Å². The van der Waals surface area contributed by atoms with Crippen LogP contribution < -0.4 is 14.8 Å². The van der Waals surface area contributed by atoms with Crippen molar-refractivity contribution >= 4 is 16.8 Å². The van der Waals surface area contributed by atoms with Gasteiger partial charge in [-0.3, -0.25) is 9.78 Å². The van der Waals surface area contributed by atoms with E-state index in [0.717, 1.165) is 22.2 Å². The molecule has 0 aliphatic heterocycles. The van der Waals surface area contributed by atoms with E-state index < -0.39 is 0 Å². The van der Waals surface area contributed by atoms with Gasteiger partial charge in [0.2, 0.25) is 5.88 Å². The van der Waals surface area contributed by atoms with Gasteiger partial charge in [0.05, 0.1) is 30.5 Å². The van der Waals surface area contributed by atoms with Crippen LogP contribution in [0.1, 0.15) is 28.5 Å². The third-order valence-electron chi connectivity index (χ3n) is 4.03. The fourth-order valence-electron chi connectivity index (χ4n) is 2.70. The molecule has 3 aromatic rings. The van der Waals surface area contributed by atoms with Crippen LogP contribution in [0.5, 0.6) is 11.6 Å². The van der Waals surface area contributed by atoms with Gasteiger partial charge in [0.15, 0.2) is 0 Å². The molecule has 3 rings (SSSR count). The summed E-state index contributed by atoms with van der Waals surface area (Å²) in [6.07, 6.45) is 1.67. The molecule has 1 aromatic carbocycles. The number of amides is 1. The lowest BCUT2D eigenvalue weighted by Gasteiger charge is -2.11. The molecule has 0 radical (unpaired) electrons. The Balaban J connectivity index is 1.81. The van der Waals surface area contributed by atoms with Crippen LogP contribution in [0.15, 0.2) is 42.6 Å². The third-order valence-corrected chi connectivity index (χ3v) is 4.03. The molecule has 0 fully saturated rings. The summed E-state index contributed by atoms with van der Waals surface area (Å²) in [6.45, 7) is 4.58. The first-order chi connectivity index (χ1) is 12.6. The predicted octanol–water partition coefficient (Wildman–Crippen LogP) is 3.28. The Labute approximate surface area is 152 Å². The fraction of sp³-hybridized carbons (Fsp3) is 0.250. The van der Waals surface area contributed by atoms with Gasteiger partial charge in [0.1, 0.15) is 5.75 Å². The number of hydrogen-bond donors (Lipinski definition) is 1. The van der Waals surface area contributed by atoms with Crippen molar-refractivity contribution in [2.45, 2.75) is 20.4 Å². The number of hydrogen-bond acceptors (Lipinski definition) is 5. The number of methoxy groups -OCH3 is 1. The average molecular weight is 351 g/mol. The lowest BCUT2D eigenvalue weighted by Crippen LogP contribution is -2.24. The number of ether oxygens (including phenoxy) is 2. The standard InChI is InChI=1S/C20H21N3O3/c1-4-26-20-15(6-5-9-21-20)12-22-19(24)17-10-14-7-8-16(25-3)11-18(14)23-13(17)2/h5-11H,4,12H2,1-3H3,(H,22,24). The number of nitrogens with zero attached hydrogens (tertiary/aromatic N) is 2. The van der Waals surface area contributed by atoms with E-state index in [2.05, 4.69) is 15.3 Å². The Morgan fingerprint density at radius 1 is 1.23 bits per heavy atom. The second-order valence-corrected chi connectivity index (χ2v) is 5.76. The summed E-state index contributed by atoms with van der Waals surface area (Å²) in [4.78, 5) is 21.4. The molecule has 0 aliphatic carbocycles. The van der Waals surface area contributed by atoms with Crippen molar-refractivity contribution in [2.75, 3.05) is 13.7 Å². The number of nitrogens with one attached hydrogen (secondary N) is 1. The molecule has 6 heteroatoms. The van der Waals surface area contributed by atoms with E-state index in [9.17, 15) is 4.79 Å². The predicted molar refractivity (Wildman–Crippen MR) is 99.6 cm³/mol. The summed E-state index contributed by atoms with van der Waals surface area (Å²) in [5, 5.41) is 3.81. The molecular weight excluding hydrogens is 330 g/mol. The topological polar surface area (TPSA) is 73.3 Å². The Kier molecular flexibility index (Phi) is 5.31. The van der Waals surface area contributed by atoms with Crippen molar-refractivity contribution in [1.29, 1.82) is 0 Å². The van der Waals surface area contributed by atoms with Gasteiger partial charge in [-0.1, -0.05) is 6.07 Å². The smallest absolute Gasteiger partial charge is 0.253 e. The molecule has 2 heterocycles. The first-order valence-electron chi connectivity index (χ1n) is 8.42. The van der Waals surface area contributed by atoms with E-state index in [1.165, 1.54) is 0 Å². The van der Waals surface area contributed by atoms with Gasteiger partial charge in [-0.15, -0.1) is 0 Å². The lowest BCUT2D eigenvalue weighted by molar-refractivity contribution is 0.0949. The Morgan fingerprint density at radius 2 is 2.08 bits per heavy atom. The number of rotatable bonds is 6. The van der Waals surface area contributed by atoms with Gasteiger partial charge in [-0.25, -0.2) is 4.98 Å². The monoisotopic (exact) mass is 351 g/mol. The van der Waals surface area contributed by atoms with E-state index in [-0.39, 0.29) is 5.91 Å². The van der Waals surface area contributed by atoms with Crippen molar-refractivity contribution < 1.29 is 14.3 Å². The van der Waals surface area contributed by atoms with Crippen LogP contribution >= 0.6 is 0 Å². The van der Waals surface area contributed by atoms with Crippen molar-refractivity contribution in [3.8, 4) is 11.6 Å². The highest BCUT2D eigenvalue weighted by Gasteiger charge is 2.13. The number of benzene rings is 1. The first-order valence-corrected chi connectivity index (χ1v) is 8.42. The molecule has 26 heavy (non-hydrogen) atoms. The highest BCUT2D eigenvalue weighted by Crippen LogP contribution is 2.22. The number of carbonyl (C=O) groups excluding carboxylic acids is 1. The van der Waals surface area contributed by atoms with Gasteiger partial charge in [-0.2, -0.15) is 0 Å². The maximum absolute atomic E-state index is 12.6. The molecule has 2 aromatic heterocycles. The molecule has 1 N–H and O–H groups in total. The van der Waals surface area contributed by atoms with Crippen molar-refractivity contribution in [3.63, 3.8) is 0 Å². The Bertz CT molecular complexity index is 941. The second-order valence-electron chi connectivity index (χ2n) is 5.76. The molecule has 6 nitrogen and oxygen atoms in total. The molecule has 0 unspecified atom stereocenters. The zero-order valence-corrected chi connectivity index (χ0v) is 15.1. The number of pyridine rings is 2. The molecule has 0 atom stereocenters. The molecule has 134 valence electrons. The summed E-state index contributed by atoms with van der Waals surface area (Å²) in [5.41, 5.74) is 2.84. The number of aryl methyl sites for hydroxylation is 1. The van der Waals surface area contributed by atoms with E-state index in [0.29, 0.717) is 30.3 Å². The van der Waals surface area contributed by atoms with Crippen molar-refractivity contribution in [1.82, 2.24) is 15.3 Å². The molecular formula is C20H21N3O3. The zero-order chi connectivity index (χ0) is 18.5. The number of aromatic nitrogens is 2. The quantitative estimate of drug-likeness (QED) is 0.738. The molecule has 0 saturated carbocycles. The van der Waals surface area contributed by atoms with Crippen molar-refractivity contribution in [3.05, 3.63) is 59.4 Å². The van der Waals surface area contributed by atoms with Gasteiger partial charge in [0.25, 0.3) is 5.91 Å². The van der Waals surface area contributed by atoms with Crippen LogP contribution in [0.3, 0.4) is 0 Å². The van der Waals surface area contributed by atoms with Crippen LogP contribution in [-0.2, 0) is 6.54 Å². The first kappa shape index (κ1) is 17.7. The molecule has 0 aliphatic rings. The summed E-state index contributed by atoms with van der Waals surface area (Å²) in [5.74, 6) is 1.09. The number of fused-ring (bicyclic) bond motifs is 1. The highest BCUT2D eigenvalue weighted by atomic mass is 16.5. The molecule has 1 amide bonds. The van der Waals surface area contributed by atoms with Crippen LogP contribution in [-0.4, -0.2) is 29.6 Å². The van der Waals surface area contributed by atoms with Crippen LogP contribution in [0.4, 0.5) is 0 Å². The second kappa shape index (κ2) is 7.82. The average Bonchev–Trinajstić information content (AvgIpc) is 2.66. The van der Waals surface area contributed by atoms with Gasteiger partial charge >= 0.3 is 0 Å². The maximum Gasteiger partial charge on any atom is 0.253 e. The van der Waals surface area contributed by atoms with Crippen molar-refractivity contribution in [2.24, 2.45) is 0 Å². The minimum atomic E-state index is -0.181. The molecule has 0 bridgehead atoms. The third kappa shape index (κ3) is 3.74. The summed E-state index contributed by atoms with van der Waals surface area (Å²) >= 11 is 0. The van der Waals surface area contributed by atoms with Crippen LogP contribution in [0, 0.1) is 6.92 Å². The molecule has 0 saturated heterocycles. The zero-order valence-electron chi connectivity index (χ0n) is 15.1. The largest absolute Gasteiger partial charge is 0.497 e. The summed E-state index contributed by atoms with van der Waals surface area (Å²) in [7, 11) is 1.62. The van der Waals surface area contributed by atoms with E-state index in [4.69, 9.17) is 9.47 Å². The Hall–Kier alpha value is -3.15. The highest BCUT2D eigenvalue weighted by molar-refractivity contribution is 5.98. The van der Waals surface area contributed by atoms with Gasteiger partial charge in [0, 0.05) is 29.8 Å². The SMILES string of the molecule is CCOc1ncccc1CNC(=O)c1cc2ccc(OC)cc2nc1C. The van der Waals surface area contributed by atoms with Gasteiger partial charge < -0.3 is 14.8 Å². The van der Waals surface area contributed by atoms with E-state index in [1.807, 2.05) is 50.2 Å². The van der Waals surface area contributed by atoms with Crippen LogP contribution in [0.25, 0.3) is 10.9 Å². The van der Waals surface area contributed by atoms with Crippen LogP contribution in [0.2, 0.25) is 0 Å². The lowest BCUT2D eigenvalue weighted by atomic mass is 10.1.